The van der Waals surface area contributed by atoms with Crippen LogP contribution in [0.4, 0.5) is 4.39 Å². The lowest BCUT2D eigenvalue weighted by molar-refractivity contribution is -0.144. The lowest BCUT2D eigenvalue weighted by atomic mass is 9.86. The van der Waals surface area contributed by atoms with E-state index < -0.39 is 29.2 Å². The maximum Gasteiger partial charge on any atom is 0.326 e. The molecule has 0 fully saturated rings. The summed E-state index contributed by atoms with van der Waals surface area (Å²) in [5.74, 6) is -2.08. The first-order valence-corrected chi connectivity index (χ1v) is 5.97. The molecule has 0 aliphatic carbocycles. The Hall–Kier alpha value is -1.91. The molecule has 0 bridgehead atoms. The number of carbonyl (C=O) groups is 2. The normalized spacial score (nSPS) is 12.8. The molecule has 0 spiro atoms. The summed E-state index contributed by atoms with van der Waals surface area (Å²) >= 11 is 0. The van der Waals surface area contributed by atoms with Gasteiger partial charge in [0.2, 0.25) is 5.91 Å². The predicted octanol–water partition coefficient (Wildman–Crippen LogP) is 1.98. The van der Waals surface area contributed by atoms with Gasteiger partial charge in [0.1, 0.15) is 11.9 Å². The van der Waals surface area contributed by atoms with E-state index in [9.17, 15) is 14.0 Å². The van der Waals surface area contributed by atoms with Crippen molar-refractivity contribution in [2.45, 2.75) is 33.2 Å². The Kier molecular flexibility index (Phi) is 4.64. The van der Waals surface area contributed by atoms with Crippen LogP contribution < -0.4 is 5.32 Å². The van der Waals surface area contributed by atoms with Crippen LogP contribution in [0.15, 0.2) is 24.3 Å². The van der Waals surface area contributed by atoms with E-state index in [0.29, 0.717) is 0 Å². The Morgan fingerprint density at radius 1 is 1.32 bits per heavy atom. The van der Waals surface area contributed by atoms with Crippen LogP contribution in [-0.4, -0.2) is 23.0 Å². The zero-order chi connectivity index (χ0) is 14.6. The summed E-state index contributed by atoms with van der Waals surface area (Å²) < 4.78 is 13.4. The topological polar surface area (TPSA) is 66.4 Å². The second-order valence-corrected chi connectivity index (χ2v) is 5.47. The number of carboxylic acids is 1. The van der Waals surface area contributed by atoms with E-state index in [0.717, 1.165) is 0 Å². The highest BCUT2D eigenvalue weighted by Crippen LogP contribution is 2.19. The number of hydrogen-bond donors (Lipinski definition) is 2. The van der Waals surface area contributed by atoms with Crippen LogP contribution in [0.3, 0.4) is 0 Å². The third kappa shape index (κ3) is 4.35. The smallest absolute Gasteiger partial charge is 0.326 e. The summed E-state index contributed by atoms with van der Waals surface area (Å²) in [4.78, 5) is 22.9. The maximum absolute atomic E-state index is 13.4. The number of amides is 1. The van der Waals surface area contributed by atoms with Gasteiger partial charge in [-0.1, -0.05) is 39.0 Å². The van der Waals surface area contributed by atoms with Gasteiger partial charge in [0.05, 0.1) is 6.42 Å². The number of aliphatic carboxylic acids is 1. The van der Waals surface area contributed by atoms with Crippen molar-refractivity contribution in [3.05, 3.63) is 35.6 Å². The zero-order valence-electron chi connectivity index (χ0n) is 11.2. The van der Waals surface area contributed by atoms with Crippen LogP contribution in [-0.2, 0) is 16.0 Å². The zero-order valence-corrected chi connectivity index (χ0v) is 11.2. The molecule has 1 aromatic rings. The maximum atomic E-state index is 13.4. The molecule has 1 atom stereocenters. The molecule has 0 saturated carbocycles. The van der Waals surface area contributed by atoms with Gasteiger partial charge >= 0.3 is 5.97 Å². The van der Waals surface area contributed by atoms with Crippen LogP contribution in [0, 0.1) is 11.2 Å². The lowest BCUT2D eigenvalue weighted by Gasteiger charge is -2.27. The van der Waals surface area contributed by atoms with E-state index in [1.165, 1.54) is 18.2 Å². The van der Waals surface area contributed by atoms with Gasteiger partial charge < -0.3 is 10.4 Å². The molecule has 0 aromatic heterocycles. The van der Waals surface area contributed by atoms with Crippen molar-refractivity contribution in [3.63, 3.8) is 0 Å². The molecule has 1 amide bonds. The van der Waals surface area contributed by atoms with Gasteiger partial charge in [0.15, 0.2) is 0 Å². The number of rotatable bonds is 4. The highest BCUT2D eigenvalue weighted by Gasteiger charge is 2.32. The van der Waals surface area contributed by atoms with E-state index in [2.05, 4.69) is 5.32 Å². The minimum absolute atomic E-state index is 0.174. The van der Waals surface area contributed by atoms with Crippen LogP contribution in [0.1, 0.15) is 26.3 Å². The van der Waals surface area contributed by atoms with Crippen molar-refractivity contribution < 1.29 is 19.1 Å². The summed E-state index contributed by atoms with van der Waals surface area (Å²) in [6, 6.07) is 4.92. The molecule has 5 heteroatoms. The number of nitrogens with one attached hydrogen (secondary N) is 1. The van der Waals surface area contributed by atoms with Crippen molar-refractivity contribution >= 4 is 11.9 Å². The number of carbonyl (C=O) groups excluding carboxylic acids is 1. The van der Waals surface area contributed by atoms with Gasteiger partial charge in [0.25, 0.3) is 0 Å². The van der Waals surface area contributed by atoms with Crippen LogP contribution >= 0.6 is 0 Å². The minimum Gasteiger partial charge on any atom is -0.480 e. The molecule has 1 aromatic carbocycles. The molecular weight excluding hydrogens is 249 g/mol. The first kappa shape index (κ1) is 15.1. The third-order valence-electron chi connectivity index (χ3n) is 2.73. The standard InChI is InChI=1S/C14H18FNO3/c1-14(2,3)12(13(18)19)16-11(17)8-9-6-4-5-7-10(9)15/h4-7,12H,8H2,1-3H3,(H,16,17)(H,18,19)/t12-/m1/s1. The molecular formula is C14H18FNO3. The average Bonchev–Trinajstić information content (AvgIpc) is 2.27. The Labute approximate surface area is 111 Å². The van der Waals surface area contributed by atoms with Crippen molar-refractivity contribution in [2.24, 2.45) is 5.41 Å². The monoisotopic (exact) mass is 267 g/mol. The van der Waals surface area contributed by atoms with Gasteiger partial charge in [-0.15, -0.1) is 0 Å². The molecule has 19 heavy (non-hydrogen) atoms. The Bertz CT molecular complexity index is 480. The quantitative estimate of drug-likeness (QED) is 0.876. The molecule has 4 nitrogen and oxygen atoms in total. The predicted molar refractivity (Wildman–Crippen MR) is 69.1 cm³/mol. The van der Waals surface area contributed by atoms with Crippen LogP contribution in [0.25, 0.3) is 0 Å². The van der Waals surface area contributed by atoms with Crippen molar-refractivity contribution in [1.82, 2.24) is 5.32 Å². The van der Waals surface area contributed by atoms with E-state index in [-0.39, 0.29) is 12.0 Å². The summed E-state index contributed by atoms with van der Waals surface area (Å²) in [6.45, 7) is 5.15. The molecule has 2 N–H and O–H groups in total. The molecule has 0 unspecified atom stereocenters. The van der Waals surface area contributed by atoms with Gasteiger partial charge in [-0.25, -0.2) is 9.18 Å². The lowest BCUT2D eigenvalue weighted by Crippen LogP contribution is -2.49. The van der Waals surface area contributed by atoms with Gasteiger partial charge in [-0.05, 0) is 17.0 Å². The van der Waals surface area contributed by atoms with Crippen molar-refractivity contribution in [1.29, 1.82) is 0 Å². The first-order valence-electron chi connectivity index (χ1n) is 5.97. The molecule has 0 aliphatic rings. The molecule has 0 aliphatic heterocycles. The van der Waals surface area contributed by atoms with E-state index >= 15 is 0 Å². The fourth-order valence-corrected chi connectivity index (χ4v) is 1.68. The molecule has 104 valence electrons. The summed E-state index contributed by atoms with van der Waals surface area (Å²) in [6.07, 6.45) is -0.174. The summed E-state index contributed by atoms with van der Waals surface area (Å²) in [5.41, 5.74) is -0.366. The van der Waals surface area contributed by atoms with Crippen molar-refractivity contribution in [3.8, 4) is 0 Å². The fourth-order valence-electron chi connectivity index (χ4n) is 1.68. The first-order chi connectivity index (χ1) is 8.71. The van der Waals surface area contributed by atoms with Crippen LogP contribution in [0.2, 0.25) is 0 Å². The van der Waals surface area contributed by atoms with Crippen LogP contribution in [0.5, 0.6) is 0 Å². The largest absolute Gasteiger partial charge is 0.480 e. The Morgan fingerprint density at radius 2 is 1.89 bits per heavy atom. The Balaban J connectivity index is 2.75. The third-order valence-corrected chi connectivity index (χ3v) is 2.73. The summed E-state index contributed by atoms with van der Waals surface area (Å²) in [7, 11) is 0. The minimum atomic E-state index is -1.10. The number of carboxylic acid groups (broad SMARTS) is 1. The number of halogens is 1. The average molecular weight is 267 g/mol. The molecule has 1 rings (SSSR count). The van der Waals surface area contributed by atoms with Gasteiger partial charge in [-0.3, -0.25) is 4.79 Å². The molecule has 0 heterocycles. The van der Waals surface area contributed by atoms with Crippen molar-refractivity contribution in [2.75, 3.05) is 0 Å². The fraction of sp³-hybridized carbons (Fsp3) is 0.429. The van der Waals surface area contributed by atoms with E-state index in [4.69, 9.17) is 5.11 Å². The van der Waals surface area contributed by atoms with Gasteiger partial charge in [-0.2, -0.15) is 0 Å². The second-order valence-electron chi connectivity index (χ2n) is 5.47. The SMILES string of the molecule is CC(C)(C)[C@H](NC(=O)Cc1ccccc1F)C(=O)O. The molecule has 0 radical (unpaired) electrons. The summed E-state index contributed by atoms with van der Waals surface area (Å²) in [5, 5.41) is 11.5. The van der Waals surface area contributed by atoms with E-state index in [1.807, 2.05) is 0 Å². The second kappa shape index (κ2) is 5.82. The highest BCUT2D eigenvalue weighted by atomic mass is 19.1. The highest BCUT2D eigenvalue weighted by molar-refractivity contribution is 5.85. The number of hydrogen-bond acceptors (Lipinski definition) is 2. The Morgan fingerprint density at radius 3 is 2.37 bits per heavy atom. The number of benzene rings is 1. The molecule has 0 saturated heterocycles. The van der Waals surface area contributed by atoms with Gasteiger partial charge in [0, 0.05) is 0 Å². The van der Waals surface area contributed by atoms with E-state index in [1.54, 1.807) is 26.8 Å².